The first kappa shape index (κ1) is 17.7. The average Bonchev–Trinajstić information content (AvgIpc) is 2.56. The van der Waals surface area contributed by atoms with Gasteiger partial charge >= 0.3 is 0 Å². The Kier molecular flexibility index (Phi) is 6.07. The topological polar surface area (TPSA) is 71.1 Å². The lowest BCUT2D eigenvalue weighted by Gasteiger charge is -2.09. The van der Waals surface area contributed by atoms with Crippen molar-refractivity contribution in [2.45, 2.75) is 27.2 Å². The summed E-state index contributed by atoms with van der Waals surface area (Å²) in [6.07, 6.45) is 3.83. The average molecular weight is 325 g/mol. The molecule has 1 aromatic carbocycles. The molecule has 0 unspecified atom stereocenters. The smallest absolute Gasteiger partial charge is 0.257 e. The molecule has 0 atom stereocenters. The van der Waals surface area contributed by atoms with Gasteiger partial charge in [0.2, 0.25) is 0 Å². The van der Waals surface area contributed by atoms with Crippen LogP contribution in [0.1, 0.15) is 46.5 Å². The number of nitrogens with zero attached hydrogens (tertiary/aromatic N) is 1. The molecule has 0 bridgehead atoms. The van der Waals surface area contributed by atoms with Crippen LogP contribution in [-0.2, 0) is 0 Å². The van der Waals surface area contributed by atoms with E-state index in [1.54, 1.807) is 6.07 Å². The largest absolute Gasteiger partial charge is 0.352 e. The van der Waals surface area contributed by atoms with E-state index in [-0.39, 0.29) is 11.8 Å². The van der Waals surface area contributed by atoms with Crippen LogP contribution < -0.4 is 10.6 Å². The number of aromatic nitrogens is 1. The number of carbonyl (C=O) groups excluding carboxylic acids is 2. The molecule has 0 saturated heterocycles. The molecule has 0 radical (unpaired) electrons. The minimum Gasteiger partial charge on any atom is -0.352 e. The molecule has 1 heterocycles. The first-order valence-electron chi connectivity index (χ1n) is 8.07. The molecule has 2 N–H and O–H groups in total. The highest BCUT2D eigenvalue weighted by Gasteiger charge is 2.11. The summed E-state index contributed by atoms with van der Waals surface area (Å²) in [5.41, 5.74) is 2.56. The van der Waals surface area contributed by atoms with E-state index in [0.29, 0.717) is 29.3 Å². The standard InChI is InChI=1S/C19H23N3O2/c1-13(2)8-9-21-18(23)15-10-16(12-20-11-15)19(24)22-17-6-4-14(3)5-7-17/h4-7,10-13H,8-9H2,1-3H3,(H,21,23)(H,22,24). The number of hydrogen-bond donors (Lipinski definition) is 2. The van der Waals surface area contributed by atoms with Gasteiger partial charge in [0.05, 0.1) is 11.1 Å². The Morgan fingerprint density at radius 1 is 1.04 bits per heavy atom. The molecule has 0 aliphatic carbocycles. The maximum Gasteiger partial charge on any atom is 0.257 e. The number of pyridine rings is 1. The molecule has 5 nitrogen and oxygen atoms in total. The molecule has 126 valence electrons. The predicted octanol–water partition coefficient (Wildman–Crippen LogP) is 3.42. The number of carbonyl (C=O) groups is 2. The van der Waals surface area contributed by atoms with E-state index >= 15 is 0 Å². The summed E-state index contributed by atoms with van der Waals surface area (Å²) in [6.45, 7) is 6.79. The van der Waals surface area contributed by atoms with Gasteiger partial charge in [0.1, 0.15) is 0 Å². The molecule has 0 fully saturated rings. The number of anilines is 1. The van der Waals surface area contributed by atoms with Crippen LogP contribution in [0.5, 0.6) is 0 Å². The van der Waals surface area contributed by atoms with Crippen molar-refractivity contribution in [1.82, 2.24) is 10.3 Å². The molecular weight excluding hydrogens is 302 g/mol. The minimum atomic E-state index is -0.289. The fourth-order valence-corrected chi connectivity index (χ4v) is 2.10. The Bertz CT molecular complexity index is 709. The Morgan fingerprint density at radius 2 is 1.67 bits per heavy atom. The summed E-state index contributed by atoms with van der Waals surface area (Å²) in [4.78, 5) is 28.4. The summed E-state index contributed by atoms with van der Waals surface area (Å²) < 4.78 is 0. The van der Waals surface area contributed by atoms with Crippen molar-refractivity contribution in [3.63, 3.8) is 0 Å². The second-order valence-corrected chi connectivity index (χ2v) is 6.22. The number of rotatable bonds is 6. The van der Waals surface area contributed by atoms with Crippen molar-refractivity contribution in [2.24, 2.45) is 5.92 Å². The van der Waals surface area contributed by atoms with E-state index in [4.69, 9.17) is 0 Å². The summed E-state index contributed by atoms with van der Waals surface area (Å²) in [5, 5.41) is 5.64. The molecule has 2 rings (SSSR count). The summed E-state index contributed by atoms with van der Waals surface area (Å²) >= 11 is 0. The number of aryl methyl sites for hydroxylation is 1. The fourth-order valence-electron chi connectivity index (χ4n) is 2.10. The molecule has 24 heavy (non-hydrogen) atoms. The maximum atomic E-state index is 12.3. The quantitative estimate of drug-likeness (QED) is 0.855. The van der Waals surface area contributed by atoms with Crippen molar-refractivity contribution < 1.29 is 9.59 Å². The number of hydrogen-bond acceptors (Lipinski definition) is 3. The van der Waals surface area contributed by atoms with E-state index < -0.39 is 0 Å². The van der Waals surface area contributed by atoms with E-state index in [9.17, 15) is 9.59 Å². The zero-order valence-electron chi connectivity index (χ0n) is 14.3. The molecular formula is C19H23N3O2. The van der Waals surface area contributed by atoms with Crippen LogP contribution in [0.4, 0.5) is 5.69 Å². The van der Waals surface area contributed by atoms with Gasteiger partial charge in [-0.05, 0) is 37.5 Å². The Morgan fingerprint density at radius 3 is 2.29 bits per heavy atom. The second-order valence-electron chi connectivity index (χ2n) is 6.22. The van der Waals surface area contributed by atoms with Gasteiger partial charge in [0.25, 0.3) is 11.8 Å². The lowest BCUT2D eigenvalue weighted by atomic mass is 10.1. The normalized spacial score (nSPS) is 10.5. The molecule has 5 heteroatoms. The molecule has 2 aromatic rings. The fraction of sp³-hybridized carbons (Fsp3) is 0.316. The Hall–Kier alpha value is -2.69. The van der Waals surface area contributed by atoms with E-state index in [1.807, 2.05) is 31.2 Å². The van der Waals surface area contributed by atoms with Crippen LogP contribution in [0.25, 0.3) is 0 Å². The molecule has 1 aromatic heterocycles. The highest BCUT2D eigenvalue weighted by Crippen LogP contribution is 2.11. The van der Waals surface area contributed by atoms with Gasteiger partial charge in [0.15, 0.2) is 0 Å². The third kappa shape index (κ3) is 5.19. The maximum absolute atomic E-state index is 12.3. The van der Waals surface area contributed by atoms with Crippen LogP contribution in [-0.4, -0.2) is 23.3 Å². The highest BCUT2D eigenvalue weighted by atomic mass is 16.2. The molecule has 2 amide bonds. The van der Waals surface area contributed by atoms with Gasteiger partial charge in [0, 0.05) is 24.6 Å². The van der Waals surface area contributed by atoms with E-state index in [1.165, 1.54) is 12.4 Å². The molecule has 0 aliphatic heterocycles. The van der Waals surface area contributed by atoms with Crippen LogP contribution in [0.15, 0.2) is 42.7 Å². The van der Waals surface area contributed by atoms with Crippen molar-refractivity contribution in [1.29, 1.82) is 0 Å². The van der Waals surface area contributed by atoms with Crippen molar-refractivity contribution in [3.05, 3.63) is 59.4 Å². The number of nitrogens with one attached hydrogen (secondary N) is 2. The lowest BCUT2D eigenvalue weighted by molar-refractivity contribution is 0.0951. The van der Waals surface area contributed by atoms with E-state index in [0.717, 1.165) is 12.0 Å². The minimum absolute atomic E-state index is 0.215. The first-order chi connectivity index (χ1) is 11.5. The van der Waals surface area contributed by atoms with Crippen molar-refractivity contribution >= 4 is 17.5 Å². The SMILES string of the molecule is Cc1ccc(NC(=O)c2cncc(C(=O)NCCC(C)C)c2)cc1. The van der Waals surface area contributed by atoms with Gasteiger partial charge in [-0.25, -0.2) is 0 Å². The van der Waals surface area contributed by atoms with Gasteiger partial charge in [-0.15, -0.1) is 0 Å². The second kappa shape index (κ2) is 8.24. The monoisotopic (exact) mass is 325 g/mol. The van der Waals surface area contributed by atoms with Gasteiger partial charge in [-0.2, -0.15) is 0 Å². The molecule has 0 saturated carbocycles. The third-order valence-corrected chi connectivity index (χ3v) is 3.58. The Labute approximate surface area is 142 Å². The highest BCUT2D eigenvalue weighted by molar-refractivity contribution is 6.05. The van der Waals surface area contributed by atoms with Crippen molar-refractivity contribution in [2.75, 3.05) is 11.9 Å². The first-order valence-corrected chi connectivity index (χ1v) is 8.07. The third-order valence-electron chi connectivity index (χ3n) is 3.58. The van der Waals surface area contributed by atoms with Gasteiger partial charge in [-0.1, -0.05) is 31.5 Å². The van der Waals surface area contributed by atoms with Gasteiger partial charge < -0.3 is 10.6 Å². The lowest BCUT2D eigenvalue weighted by Crippen LogP contribution is -2.26. The van der Waals surface area contributed by atoms with Crippen LogP contribution in [0, 0.1) is 12.8 Å². The summed E-state index contributed by atoms with van der Waals surface area (Å²) in [5.74, 6) is 0.0198. The van der Waals surface area contributed by atoms with Gasteiger partial charge in [-0.3, -0.25) is 14.6 Å². The zero-order valence-corrected chi connectivity index (χ0v) is 14.3. The van der Waals surface area contributed by atoms with E-state index in [2.05, 4.69) is 29.5 Å². The van der Waals surface area contributed by atoms with Crippen molar-refractivity contribution in [3.8, 4) is 0 Å². The summed E-state index contributed by atoms with van der Waals surface area (Å²) in [6, 6.07) is 9.08. The number of amides is 2. The van der Waals surface area contributed by atoms with Crippen LogP contribution >= 0.6 is 0 Å². The molecule has 0 spiro atoms. The summed E-state index contributed by atoms with van der Waals surface area (Å²) in [7, 11) is 0. The Balaban J connectivity index is 2.02. The predicted molar refractivity (Wildman–Crippen MR) is 95.2 cm³/mol. The number of benzene rings is 1. The van der Waals surface area contributed by atoms with Crippen LogP contribution in [0.3, 0.4) is 0 Å². The molecule has 0 aliphatic rings. The zero-order chi connectivity index (χ0) is 17.5. The van der Waals surface area contributed by atoms with Crippen LogP contribution in [0.2, 0.25) is 0 Å².